The fourth-order valence-corrected chi connectivity index (χ4v) is 2.58. The monoisotopic (exact) mass is 362 g/mol. The van der Waals surface area contributed by atoms with Crippen molar-refractivity contribution in [3.05, 3.63) is 41.5 Å². The first-order valence-corrected chi connectivity index (χ1v) is 7.83. The third kappa shape index (κ3) is 4.00. The molecule has 2 N–H and O–H groups in total. The molecule has 0 radical (unpaired) electrons. The smallest absolute Gasteiger partial charge is 0.191 e. The van der Waals surface area contributed by atoms with Crippen LogP contribution >= 0.6 is 0 Å². The minimum atomic E-state index is -1.37. The van der Waals surface area contributed by atoms with Crippen molar-refractivity contribution in [2.24, 2.45) is 0 Å². The molecule has 2 aromatic carbocycles. The molecule has 0 bridgehead atoms. The van der Waals surface area contributed by atoms with Crippen LogP contribution in [0, 0.1) is 0 Å². The van der Waals surface area contributed by atoms with Crippen LogP contribution < -0.4 is 18.9 Å². The molecule has 0 amide bonds. The number of phenolic OH excluding ortho intramolecular Hbond substituents is 1. The molecule has 7 heteroatoms. The van der Waals surface area contributed by atoms with E-state index in [9.17, 15) is 15.0 Å². The van der Waals surface area contributed by atoms with Crippen LogP contribution in [0.15, 0.2) is 30.3 Å². The number of carbonyl (C=O) groups is 1. The summed E-state index contributed by atoms with van der Waals surface area (Å²) >= 11 is 0. The fourth-order valence-electron chi connectivity index (χ4n) is 2.58. The van der Waals surface area contributed by atoms with E-state index in [2.05, 4.69) is 0 Å². The van der Waals surface area contributed by atoms with Gasteiger partial charge >= 0.3 is 0 Å². The number of methoxy groups -OCH3 is 4. The van der Waals surface area contributed by atoms with Crippen LogP contribution in [0.25, 0.3) is 0 Å². The zero-order chi connectivity index (χ0) is 19.3. The van der Waals surface area contributed by atoms with E-state index in [1.165, 1.54) is 46.6 Å². The van der Waals surface area contributed by atoms with Gasteiger partial charge in [0.15, 0.2) is 17.3 Å². The molecule has 0 spiro atoms. The highest BCUT2D eigenvalue weighted by Crippen LogP contribution is 2.35. The summed E-state index contributed by atoms with van der Waals surface area (Å²) in [6, 6.07) is 7.59. The van der Waals surface area contributed by atoms with E-state index in [-0.39, 0.29) is 17.7 Å². The number of phenols is 1. The van der Waals surface area contributed by atoms with Crippen LogP contribution in [0.4, 0.5) is 0 Å². The molecular weight excluding hydrogens is 340 g/mol. The lowest BCUT2D eigenvalue weighted by Gasteiger charge is -2.16. The van der Waals surface area contributed by atoms with E-state index in [1.807, 2.05) is 0 Å². The van der Waals surface area contributed by atoms with Crippen molar-refractivity contribution in [3.8, 4) is 28.7 Å². The predicted octanol–water partition coefficient (Wildman–Crippen LogP) is 2.21. The van der Waals surface area contributed by atoms with Crippen LogP contribution in [-0.2, 0) is 6.42 Å². The van der Waals surface area contributed by atoms with E-state index in [4.69, 9.17) is 18.9 Å². The predicted molar refractivity (Wildman–Crippen MR) is 94.8 cm³/mol. The van der Waals surface area contributed by atoms with Crippen molar-refractivity contribution in [1.29, 1.82) is 0 Å². The molecule has 7 nitrogen and oxygen atoms in total. The molecule has 0 aliphatic carbocycles. The molecule has 0 aliphatic heterocycles. The Labute approximate surface area is 151 Å². The van der Waals surface area contributed by atoms with E-state index in [1.54, 1.807) is 12.1 Å². The van der Waals surface area contributed by atoms with Crippen LogP contribution in [0.5, 0.6) is 28.7 Å². The normalized spacial score (nSPS) is 11.6. The summed E-state index contributed by atoms with van der Waals surface area (Å²) in [6.45, 7) is 0. The second-order valence-electron chi connectivity index (χ2n) is 5.48. The summed E-state index contributed by atoms with van der Waals surface area (Å²) in [5.74, 6) is 0.955. The molecule has 0 aromatic heterocycles. The third-order valence-corrected chi connectivity index (χ3v) is 3.98. The van der Waals surface area contributed by atoms with Gasteiger partial charge in [-0.25, -0.2) is 0 Å². The van der Waals surface area contributed by atoms with Crippen molar-refractivity contribution in [3.63, 3.8) is 0 Å². The van der Waals surface area contributed by atoms with E-state index in [0.717, 1.165) is 0 Å². The quantitative estimate of drug-likeness (QED) is 0.695. The van der Waals surface area contributed by atoms with Gasteiger partial charge < -0.3 is 29.2 Å². The molecule has 0 saturated heterocycles. The average Bonchev–Trinajstić information content (AvgIpc) is 2.67. The second-order valence-corrected chi connectivity index (χ2v) is 5.48. The number of ether oxygens (including phenoxy) is 4. The summed E-state index contributed by atoms with van der Waals surface area (Å²) < 4.78 is 20.6. The van der Waals surface area contributed by atoms with E-state index >= 15 is 0 Å². The Balaban J connectivity index is 2.27. The third-order valence-electron chi connectivity index (χ3n) is 3.98. The molecule has 1 unspecified atom stereocenters. The molecule has 0 saturated carbocycles. The summed E-state index contributed by atoms with van der Waals surface area (Å²) in [5.41, 5.74) is 0.580. The van der Waals surface area contributed by atoms with Crippen LogP contribution in [0.1, 0.15) is 15.9 Å². The molecular formula is C19H22O7. The fraction of sp³-hybridized carbons (Fsp3) is 0.316. The van der Waals surface area contributed by atoms with Crippen molar-refractivity contribution in [2.45, 2.75) is 12.5 Å². The van der Waals surface area contributed by atoms with Crippen molar-refractivity contribution in [2.75, 3.05) is 28.4 Å². The van der Waals surface area contributed by atoms with Crippen molar-refractivity contribution >= 4 is 5.78 Å². The number of Topliss-reactive ketones (excluding diaryl/α,β-unsaturated/α-hetero) is 1. The van der Waals surface area contributed by atoms with Gasteiger partial charge in [0.05, 0.1) is 28.4 Å². The Morgan fingerprint density at radius 1 is 0.923 bits per heavy atom. The lowest BCUT2D eigenvalue weighted by atomic mass is 9.98. The number of benzene rings is 2. The Morgan fingerprint density at radius 3 is 2.15 bits per heavy atom. The highest BCUT2D eigenvalue weighted by Gasteiger charge is 2.23. The van der Waals surface area contributed by atoms with Gasteiger partial charge in [-0.1, -0.05) is 0 Å². The van der Waals surface area contributed by atoms with Crippen molar-refractivity contribution in [1.82, 2.24) is 0 Å². The number of carbonyl (C=O) groups excluding carboxylic acids is 1. The van der Waals surface area contributed by atoms with Gasteiger partial charge in [-0.3, -0.25) is 4.79 Å². The lowest BCUT2D eigenvalue weighted by molar-refractivity contribution is 0.0745. The molecule has 1 atom stereocenters. The van der Waals surface area contributed by atoms with Crippen molar-refractivity contribution < 1.29 is 34.0 Å². The summed E-state index contributed by atoms with van der Waals surface area (Å²) in [7, 11) is 5.85. The summed E-state index contributed by atoms with van der Waals surface area (Å²) in [5, 5.41) is 20.5. The highest BCUT2D eigenvalue weighted by atomic mass is 16.5. The molecule has 0 aliphatic rings. The molecule has 0 fully saturated rings. The maximum Gasteiger partial charge on any atom is 0.191 e. The first-order valence-electron chi connectivity index (χ1n) is 7.83. The standard InChI is InChI=1S/C19H22O7/c1-23-12-8-14(20)13(17(9-12)25-3)10-15(21)19(22)11-5-6-16(24-2)18(7-11)26-4/h5-9,15,20-21H,10H2,1-4H3. The van der Waals surface area contributed by atoms with Gasteiger partial charge in [0.1, 0.15) is 23.4 Å². The lowest BCUT2D eigenvalue weighted by Crippen LogP contribution is -2.23. The van der Waals surface area contributed by atoms with Crippen LogP contribution in [0.2, 0.25) is 0 Å². The van der Waals surface area contributed by atoms with Crippen LogP contribution in [-0.4, -0.2) is 50.5 Å². The maximum atomic E-state index is 12.6. The Kier molecular flexibility index (Phi) is 6.30. The largest absolute Gasteiger partial charge is 0.507 e. The van der Waals surface area contributed by atoms with E-state index in [0.29, 0.717) is 28.6 Å². The first-order chi connectivity index (χ1) is 12.4. The molecule has 26 heavy (non-hydrogen) atoms. The summed E-state index contributed by atoms with van der Waals surface area (Å²) in [6.07, 6.45) is -1.49. The van der Waals surface area contributed by atoms with Gasteiger partial charge in [-0.2, -0.15) is 0 Å². The molecule has 2 rings (SSSR count). The SMILES string of the molecule is COc1cc(O)c(CC(O)C(=O)c2ccc(OC)c(OC)c2)c(OC)c1. The van der Waals surface area contributed by atoms with Gasteiger partial charge in [0, 0.05) is 29.7 Å². The van der Waals surface area contributed by atoms with E-state index < -0.39 is 11.9 Å². The number of hydrogen-bond donors (Lipinski definition) is 2. The van der Waals surface area contributed by atoms with Crippen LogP contribution in [0.3, 0.4) is 0 Å². The first kappa shape index (κ1) is 19.4. The average molecular weight is 362 g/mol. The van der Waals surface area contributed by atoms with Gasteiger partial charge in [-0.15, -0.1) is 0 Å². The number of aliphatic hydroxyl groups excluding tert-OH is 1. The molecule has 0 heterocycles. The zero-order valence-corrected chi connectivity index (χ0v) is 15.1. The topological polar surface area (TPSA) is 94.5 Å². The number of ketones is 1. The Morgan fingerprint density at radius 2 is 1.58 bits per heavy atom. The van der Waals surface area contributed by atoms with Gasteiger partial charge in [0.25, 0.3) is 0 Å². The number of aromatic hydroxyl groups is 1. The maximum absolute atomic E-state index is 12.6. The number of rotatable bonds is 8. The molecule has 140 valence electrons. The second kappa shape index (κ2) is 8.44. The minimum Gasteiger partial charge on any atom is -0.507 e. The highest BCUT2D eigenvalue weighted by molar-refractivity contribution is 6.00. The number of aliphatic hydroxyl groups is 1. The van der Waals surface area contributed by atoms with Gasteiger partial charge in [-0.05, 0) is 18.2 Å². The molecule has 2 aromatic rings. The Hall–Kier alpha value is -2.93. The summed E-state index contributed by atoms with van der Waals surface area (Å²) in [4.78, 5) is 12.6. The Bertz CT molecular complexity index is 786. The number of hydrogen-bond acceptors (Lipinski definition) is 7. The minimum absolute atomic E-state index is 0.119. The van der Waals surface area contributed by atoms with Gasteiger partial charge in [0.2, 0.25) is 0 Å². The zero-order valence-electron chi connectivity index (χ0n) is 15.1.